The molecular formula is C11H11ClZr. The number of hydrogen-bond donors (Lipinski definition) is 0. The number of rotatable bonds is 1. The largest absolute Gasteiger partial charge is 0.122 e. The molecule has 2 heteroatoms. The summed E-state index contributed by atoms with van der Waals surface area (Å²) in [6, 6.07) is 8.41. The van der Waals surface area contributed by atoms with Crippen molar-refractivity contribution in [3.63, 3.8) is 0 Å². The van der Waals surface area contributed by atoms with Crippen LogP contribution in [0.2, 0.25) is 0 Å². The molecule has 2 atom stereocenters. The van der Waals surface area contributed by atoms with Gasteiger partial charge in [0.25, 0.3) is 0 Å². The average molecular weight is 270 g/mol. The molecule has 0 saturated heterocycles. The first-order valence-electron chi connectivity index (χ1n) is 4.20. The topological polar surface area (TPSA) is 0 Å². The van der Waals surface area contributed by atoms with Crippen LogP contribution in [0.5, 0.6) is 0 Å². The number of allylic oxidation sites excluding steroid dienone is 1. The molecule has 0 spiro atoms. The number of alkyl halides is 1. The second kappa shape index (κ2) is 4.57. The van der Waals surface area contributed by atoms with Gasteiger partial charge in [-0.25, -0.2) is 0 Å². The Balaban J connectivity index is 0.000000845. The SMILES string of the molecule is CC(Cl)C1C=Cc2ccccc21.[Zr]. The van der Waals surface area contributed by atoms with Crippen molar-refractivity contribution in [3.05, 3.63) is 41.5 Å². The Morgan fingerprint density at radius 3 is 2.69 bits per heavy atom. The van der Waals surface area contributed by atoms with Crippen LogP contribution in [0.25, 0.3) is 6.08 Å². The monoisotopic (exact) mass is 268 g/mol. The zero-order valence-corrected chi connectivity index (χ0v) is 10.7. The van der Waals surface area contributed by atoms with Crippen LogP contribution in [-0.2, 0) is 26.2 Å². The van der Waals surface area contributed by atoms with Crippen LogP contribution >= 0.6 is 11.6 Å². The van der Waals surface area contributed by atoms with Gasteiger partial charge >= 0.3 is 0 Å². The summed E-state index contributed by atoms with van der Waals surface area (Å²) in [6.07, 6.45) is 4.33. The van der Waals surface area contributed by atoms with E-state index in [1.54, 1.807) is 0 Å². The van der Waals surface area contributed by atoms with Crippen LogP contribution in [-0.4, -0.2) is 5.38 Å². The van der Waals surface area contributed by atoms with Crippen LogP contribution in [0.4, 0.5) is 0 Å². The second-order valence-corrected chi connectivity index (χ2v) is 3.88. The predicted octanol–water partition coefficient (Wildman–Crippen LogP) is 3.42. The number of hydrogen-bond acceptors (Lipinski definition) is 0. The van der Waals surface area contributed by atoms with Crippen LogP contribution in [0.3, 0.4) is 0 Å². The van der Waals surface area contributed by atoms with E-state index in [1.807, 2.05) is 6.92 Å². The Morgan fingerprint density at radius 2 is 2.00 bits per heavy atom. The van der Waals surface area contributed by atoms with Crippen molar-refractivity contribution in [2.75, 3.05) is 0 Å². The van der Waals surface area contributed by atoms with Gasteiger partial charge in [-0.2, -0.15) is 0 Å². The van der Waals surface area contributed by atoms with Crippen molar-refractivity contribution in [3.8, 4) is 0 Å². The quantitative estimate of drug-likeness (QED) is 0.686. The van der Waals surface area contributed by atoms with E-state index in [1.165, 1.54) is 11.1 Å². The Hall–Kier alpha value is 0.133. The van der Waals surface area contributed by atoms with E-state index in [0.717, 1.165) is 0 Å². The van der Waals surface area contributed by atoms with E-state index in [4.69, 9.17) is 11.6 Å². The van der Waals surface area contributed by atoms with Gasteiger partial charge in [-0.3, -0.25) is 0 Å². The second-order valence-electron chi connectivity index (χ2n) is 3.19. The van der Waals surface area contributed by atoms with E-state index < -0.39 is 0 Å². The Bertz CT molecular complexity index is 318. The maximum Gasteiger partial charge on any atom is 0.0411 e. The number of fused-ring (bicyclic) bond motifs is 1. The summed E-state index contributed by atoms with van der Waals surface area (Å²) in [5, 5.41) is 0.185. The molecule has 1 aromatic carbocycles. The molecule has 0 fully saturated rings. The third kappa shape index (κ3) is 2.14. The molecule has 0 aromatic heterocycles. The minimum absolute atomic E-state index is 0. The molecule has 0 aliphatic heterocycles. The van der Waals surface area contributed by atoms with E-state index in [-0.39, 0.29) is 31.6 Å². The molecule has 2 unspecified atom stereocenters. The first kappa shape index (κ1) is 11.2. The van der Waals surface area contributed by atoms with Gasteiger partial charge in [-0.15, -0.1) is 11.6 Å². The summed E-state index contributed by atoms with van der Waals surface area (Å²) in [5.74, 6) is 0.405. The van der Waals surface area contributed by atoms with Crippen molar-refractivity contribution < 1.29 is 26.2 Å². The first-order valence-corrected chi connectivity index (χ1v) is 4.64. The summed E-state index contributed by atoms with van der Waals surface area (Å²) < 4.78 is 0. The van der Waals surface area contributed by atoms with Gasteiger partial charge in [-0.05, 0) is 18.1 Å². The van der Waals surface area contributed by atoms with Crippen molar-refractivity contribution in [1.82, 2.24) is 0 Å². The van der Waals surface area contributed by atoms with Crippen LogP contribution in [0, 0.1) is 0 Å². The molecule has 0 heterocycles. The summed E-state index contributed by atoms with van der Waals surface area (Å²) in [4.78, 5) is 0. The first-order chi connectivity index (χ1) is 5.79. The third-order valence-electron chi connectivity index (χ3n) is 2.33. The maximum absolute atomic E-state index is 6.06. The fourth-order valence-electron chi connectivity index (χ4n) is 1.68. The predicted molar refractivity (Wildman–Crippen MR) is 53.5 cm³/mol. The summed E-state index contributed by atoms with van der Waals surface area (Å²) in [5.41, 5.74) is 2.68. The van der Waals surface area contributed by atoms with E-state index in [0.29, 0.717) is 5.92 Å². The molecule has 0 saturated carbocycles. The normalized spacial score (nSPS) is 20.6. The zero-order valence-electron chi connectivity index (χ0n) is 7.50. The summed E-state index contributed by atoms with van der Waals surface area (Å²) >= 11 is 6.06. The third-order valence-corrected chi connectivity index (χ3v) is 2.60. The minimum Gasteiger partial charge on any atom is -0.122 e. The molecule has 1 aliphatic rings. The van der Waals surface area contributed by atoms with Crippen LogP contribution in [0.15, 0.2) is 30.3 Å². The smallest absolute Gasteiger partial charge is 0.0411 e. The van der Waals surface area contributed by atoms with Gasteiger partial charge in [0.1, 0.15) is 0 Å². The molecule has 0 radical (unpaired) electrons. The molecule has 0 N–H and O–H groups in total. The molecule has 0 bridgehead atoms. The Kier molecular flexibility index (Phi) is 3.94. The molecule has 1 aromatic rings. The molecule has 66 valence electrons. The van der Waals surface area contributed by atoms with Crippen LogP contribution in [0.1, 0.15) is 24.0 Å². The van der Waals surface area contributed by atoms with Gasteiger partial charge in [0.05, 0.1) is 0 Å². The van der Waals surface area contributed by atoms with Crippen molar-refractivity contribution >= 4 is 17.7 Å². The number of halogens is 1. The van der Waals surface area contributed by atoms with Gasteiger partial charge in [0.2, 0.25) is 0 Å². The van der Waals surface area contributed by atoms with Gasteiger partial charge in [0, 0.05) is 37.5 Å². The molecule has 0 amide bonds. The van der Waals surface area contributed by atoms with Gasteiger partial charge < -0.3 is 0 Å². The molecule has 2 rings (SSSR count). The Labute approximate surface area is 103 Å². The molecular weight excluding hydrogens is 259 g/mol. The minimum atomic E-state index is 0. The van der Waals surface area contributed by atoms with E-state index in [9.17, 15) is 0 Å². The van der Waals surface area contributed by atoms with Gasteiger partial charge in [-0.1, -0.05) is 36.4 Å². The zero-order chi connectivity index (χ0) is 8.55. The summed E-state index contributed by atoms with van der Waals surface area (Å²) in [6.45, 7) is 2.04. The Morgan fingerprint density at radius 1 is 1.31 bits per heavy atom. The van der Waals surface area contributed by atoms with Crippen LogP contribution < -0.4 is 0 Å². The fourth-order valence-corrected chi connectivity index (χ4v) is 1.90. The van der Waals surface area contributed by atoms with Crippen molar-refractivity contribution in [2.24, 2.45) is 0 Å². The van der Waals surface area contributed by atoms with E-state index >= 15 is 0 Å². The van der Waals surface area contributed by atoms with Crippen molar-refractivity contribution in [2.45, 2.75) is 18.2 Å². The van der Waals surface area contributed by atoms with Crippen molar-refractivity contribution in [1.29, 1.82) is 0 Å². The molecule has 1 aliphatic carbocycles. The maximum atomic E-state index is 6.06. The van der Waals surface area contributed by atoms with E-state index in [2.05, 4.69) is 36.4 Å². The molecule has 0 nitrogen and oxygen atoms in total. The average Bonchev–Trinajstić information content (AvgIpc) is 2.47. The standard InChI is InChI=1S/C11H11Cl.Zr/c1-8(12)10-7-6-9-4-2-3-5-11(9)10;/h2-8,10H,1H3;. The molecule has 13 heavy (non-hydrogen) atoms. The fraction of sp³-hybridized carbons (Fsp3) is 0.273. The summed E-state index contributed by atoms with van der Waals surface area (Å²) in [7, 11) is 0. The van der Waals surface area contributed by atoms with Gasteiger partial charge in [0.15, 0.2) is 0 Å². The number of benzene rings is 1.